The van der Waals surface area contributed by atoms with Crippen LogP contribution in [-0.4, -0.2) is 68.5 Å². The molecule has 8 nitrogen and oxygen atoms in total. The summed E-state index contributed by atoms with van der Waals surface area (Å²) in [5, 5.41) is 3.01. The molecule has 0 aromatic heterocycles. The molecule has 0 radical (unpaired) electrons. The summed E-state index contributed by atoms with van der Waals surface area (Å²) in [7, 11) is -3.46. The average Bonchev–Trinajstić information content (AvgIpc) is 2.75. The zero-order valence-electron chi connectivity index (χ0n) is 17.5. The van der Waals surface area contributed by atoms with E-state index >= 15 is 0 Å². The number of benzene rings is 1. The number of hydrogen-bond donors (Lipinski definition) is 1. The van der Waals surface area contributed by atoms with Crippen molar-refractivity contribution in [2.24, 2.45) is 0 Å². The van der Waals surface area contributed by atoms with Crippen molar-refractivity contribution in [2.45, 2.75) is 56.4 Å². The van der Waals surface area contributed by atoms with Crippen molar-refractivity contribution in [1.29, 1.82) is 0 Å². The van der Waals surface area contributed by atoms with Gasteiger partial charge in [0, 0.05) is 32.2 Å². The van der Waals surface area contributed by atoms with E-state index < -0.39 is 10.0 Å². The van der Waals surface area contributed by atoms with Crippen LogP contribution in [0.5, 0.6) is 0 Å². The van der Waals surface area contributed by atoms with Gasteiger partial charge in [0.05, 0.1) is 17.9 Å². The fraction of sp³-hybridized carbons (Fsp3) is 0.619. The molecule has 2 fully saturated rings. The third-order valence-corrected chi connectivity index (χ3v) is 7.54. The molecular formula is C21H31N3O5S. The van der Waals surface area contributed by atoms with Gasteiger partial charge in [0.15, 0.2) is 0 Å². The number of carbonyl (C=O) groups is 2. The van der Waals surface area contributed by atoms with E-state index in [0.29, 0.717) is 45.6 Å². The van der Waals surface area contributed by atoms with Crippen LogP contribution >= 0.6 is 0 Å². The Morgan fingerprint density at radius 2 is 1.67 bits per heavy atom. The van der Waals surface area contributed by atoms with Crippen LogP contribution in [0.15, 0.2) is 29.2 Å². The Labute approximate surface area is 178 Å². The maximum absolute atomic E-state index is 12.7. The van der Waals surface area contributed by atoms with E-state index in [1.54, 1.807) is 40.4 Å². The minimum absolute atomic E-state index is 0.0296. The van der Waals surface area contributed by atoms with Crippen LogP contribution in [-0.2, 0) is 26.0 Å². The minimum atomic E-state index is -3.46. The van der Waals surface area contributed by atoms with Crippen molar-refractivity contribution in [2.75, 3.05) is 32.8 Å². The van der Waals surface area contributed by atoms with E-state index in [2.05, 4.69) is 5.32 Å². The van der Waals surface area contributed by atoms with Crippen LogP contribution in [0, 0.1) is 0 Å². The Morgan fingerprint density at radius 3 is 2.27 bits per heavy atom. The Kier molecular flexibility index (Phi) is 7.71. The number of amides is 2. The second kappa shape index (κ2) is 10.3. The molecule has 1 aromatic carbocycles. The summed E-state index contributed by atoms with van der Waals surface area (Å²) >= 11 is 0. The summed E-state index contributed by atoms with van der Waals surface area (Å²) in [6, 6.07) is 6.62. The smallest absolute Gasteiger partial charge is 0.409 e. The predicted octanol–water partition coefficient (Wildman–Crippen LogP) is 2.14. The topological polar surface area (TPSA) is 96.0 Å². The first-order chi connectivity index (χ1) is 14.4. The molecule has 30 heavy (non-hydrogen) atoms. The third kappa shape index (κ3) is 5.72. The molecule has 2 amide bonds. The molecule has 0 saturated carbocycles. The van der Waals surface area contributed by atoms with Gasteiger partial charge in [-0.05, 0) is 50.3 Å². The molecule has 9 heteroatoms. The molecule has 0 spiro atoms. The first-order valence-electron chi connectivity index (χ1n) is 10.7. The van der Waals surface area contributed by atoms with E-state index in [1.807, 2.05) is 0 Å². The van der Waals surface area contributed by atoms with Gasteiger partial charge in [0.2, 0.25) is 15.9 Å². The van der Waals surface area contributed by atoms with Gasteiger partial charge in [-0.1, -0.05) is 18.6 Å². The largest absolute Gasteiger partial charge is 0.450 e. The van der Waals surface area contributed by atoms with Gasteiger partial charge in [0.1, 0.15) is 0 Å². The highest BCUT2D eigenvalue weighted by Gasteiger charge is 2.26. The summed E-state index contributed by atoms with van der Waals surface area (Å²) in [6.45, 7) is 4.40. The van der Waals surface area contributed by atoms with Crippen LogP contribution in [0.4, 0.5) is 4.79 Å². The first-order valence-corrected chi connectivity index (χ1v) is 12.1. The van der Waals surface area contributed by atoms with Crippen molar-refractivity contribution in [3.05, 3.63) is 29.8 Å². The lowest BCUT2D eigenvalue weighted by Crippen LogP contribution is -2.47. The SMILES string of the molecule is CCOC(=O)N1CCC(NC(=O)Cc2ccc(S(=O)(=O)N3CCCCC3)cc2)CC1. The molecule has 0 bridgehead atoms. The molecule has 2 aliphatic heterocycles. The summed E-state index contributed by atoms with van der Waals surface area (Å²) in [5.74, 6) is -0.101. The number of likely N-dealkylation sites (tertiary alicyclic amines) is 1. The summed E-state index contributed by atoms with van der Waals surface area (Å²) < 4.78 is 32.0. The van der Waals surface area contributed by atoms with Crippen molar-refractivity contribution in [3.63, 3.8) is 0 Å². The van der Waals surface area contributed by atoms with Gasteiger partial charge >= 0.3 is 6.09 Å². The Bertz CT molecular complexity index is 827. The van der Waals surface area contributed by atoms with E-state index in [1.165, 1.54) is 0 Å². The van der Waals surface area contributed by atoms with Gasteiger partial charge in [-0.25, -0.2) is 13.2 Å². The van der Waals surface area contributed by atoms with Crippen LogP contribution in [0.3, 0.4) is 0 Å². The Hall–Kier alpha value is -2.13. The Morgan fingerprint density at radius 1 is 1.03 bits per heavy atom. The molecule has 1 aromatic rings. The molecule has 1 N–H and O–H groups in total. The van der Waals surface area contributed by atoms with Crippen molar-refractivity contribution in [1.82, 2.24) is 14.5 Å². The molecule has 0 unspecified atom stereocenters. The zero-order chi connectivity index (χ0) is 21.6. The lowest BCUT2D eigenvalue weighted by atomic mass is 10.0. The first kappa shape index (κ1) is 22.6. The number of nitrogens with zero attached hydrogens (tertiary/aromatic N) is 2. The molecule has 166 valence electrons. The number of ether oxygens (including phenoxy) is 1. The lowest BCUT2D eigenvalue weighted by Gasteiger charge is -2.31. The molecule has 2 aliphatic rings. The van der Waals surface area contributed by atoms with Crippen LogP contribution in [0.1, 0.15) is 44.6 Å². The maximum atomic E-state index is 12.7. The van der Waals surface area contributed by atoms with Crippen molar-refractivity contribution in [3.8, 4) is 0 Å². The van der Waals surface area contributed by atoms with Crippen molar-refractivity contribution < 1.29 is 22.7 Å². The van der Waals surface area contributed by atoms with E-state index in [9.17, 15) is 18.0 Å². The predicted molar refractivity (Wildman–Crippen MR) is 113 cm³/mol. The van der Waals surface area contributed by atoms with Gasteiger partial charge < -0.3 is 15.0 Å². The number of rotatable bonds is 6. The van der Waals surface area contributed by atoms with Gasteiger partial charge in [-0.15, -0.1) is 0 Å². The number of piperidine rings is 2. The highest BCUT2D eigenvalue weighted by Crippen LogP contribution is 2.21. The normalized spacial score (nSPS) is 18.8. The maximum Gasteiger partial charge on any atom is 0.409 e. The van der Waals surface area contributed by atoms with Gasteiger partial charge in [0.25, 0.3) is 0 Å². The number of hydrogen-bond acceptors (Lipinski definition) is 5. The van der Waals surface area contributed by atoms with E-state index in [-0.39, 0.29) is 29.4 Å². The van der Waals surface area contributed by atoms with E-state index in [0.717, 1.165) is 24.8 Å². The van der Waals surface area contributed by atoms with Crippen LogP contribution < -0.4 is 5.32 Å². The zero-order valence-corrected chi connectivity index (χ0v) is 18.3. The molecule has 0 aliphatic carbocycles. The van der Waals surface area contributed by atoms with Gasteiger partial charge in [-0.2, -0.15) is 4.31 Å². The monoisotopic (exact) mass is 437 g/mol. The minimum Gasteiger partial charge on any atom is -0.450 e. The molecule has 2 heterocycles. The van der Waals surface area contributed by atoms with Crippen molar-refractivity contribution >= 4 is 22.0 Å². The molecule has 0 atom stereocenters. The summed E-state index contributed by atoms with van der Waals surface area (Å²) in [5.41, 5.74) is 0.772. The Balaban J connectivity index is 1.48. The standard InChI is InChI=1S/C21H31N3O5S/c1-2-29-21(26)23-14-10-18(11-15-23)22-20(25)16-17-6-8-19(9-7-17)30(27,28)24-12-4-3-5-13-24/h6-9,18H,2-5,10-16H2,1H3,(H,22,25). The lowest BCUT2D eigenvalue weighted by molar-refractivity contribution is -0.121. The highest BCUT2D eigenvalue weighted by atomic mass is 32.2. The van der Waals surface area contributed by atoms with Crippen LogP contribution in [0.25, 0.3) is 0 Å². The molecule has 2 saturated heterocycles. The number of carbonyl (C=O) groups excluding carboxylic acids is 2. The number of sulfonamides is 1. The van der Waals surface area contributed by atoms with E-state index in [4.69, 9.17) is 4.74 Å². The quantitative estimate of drug-likeness (QED) is 0.736. The third-order valence-electron chi connectivity index (χ3n) is 5.63. The average molecular weight is 438 g/mol. The fourth-order valence-electron chi connectivity index (χ4n) is 3.92. The highest BCUT2D eigenvalue weighted by molar-refractivity contribution is 7.89. The van der Waals surface area contributed by atoms with Crippen LogP contribution in [0.2, 0.25) is 0 Å². The summed E-state index contributed by atoms with van der Waals surface area (Å²) in [6.07, 6.45) is 4.15. The summed E-state index contributed by atoms with van der Waals surface area (Å²) in [4.78, 5) is 26.1. The van der Waals surface area contributed by atoms with Gasteiger partial charge in [-0.3, -0.25) is 4.79 Å². The molecular weight excluding hydrogens is 406 g/mol. The fourth-order valence-corrected chi connectivity index (χ4v) is 5.44. The molecule has 3 rings (SSSR count). The number of nitrogens with one attached hydrogen (secondary N) is 1. The second-order valence-corrected chi connectivity index (χ2v) is 9.75. The second-order valence-electron chi connectivity index (χ2n) is 7.81.